The molecule has 1 aromatic carbocycles. The summed E-state index contributed by atoms with van der Waals surface area (Å²) in [5.74, 6) is -1.02. The summed E-state index contributed by atoms with van der Waals surface area (Å²) in [5.41, 5.74) is -0.0602. The van der Waals surface area contributed by atoms with Crippen molar-refractivity contribution in [1.82, 2.24) is 5.32 Å². The van der Waals surface area contributed by atoms with E-state index in [4.69, 9.17) is 11.6 Å². The van der Waals surface area contributed by atoms with Crippen LogP contribution in [0.2, 0.25) is 5.02 Å². The Balaban J connectivity index is 1.97. The van der Waals surface area contributed by atoms with Crippen molar-refractivity contribution in [3.8, 4) is 0 Å². The minimum atomic E-state index is -0.594. The molecule has 1 aliphatic carbocycles. The summed E-state index contributed by atoms with van der Waals surface area (Å²) < 4.78 is 13.4. The fraction of sp³-hybridized carbons (Fsp3) is 0.462. The molecule has 1 amide bonds. The Morgan fingerprint density at radius 1 is 1.50 bits per heavy atom. The number of hydrogen-bond donors (Lipinski definition) is 2. The van der Waals surface area contributed by atoms with Crippen molar-refractivity contribution >= 4 is 17.5 Å². The molecule has 3 nitrogen and oxygen atoms in total. The van der Waals surface area contributed by atoms with E-state index in [0.29, 0.717) is 11.6 Å². The number of carbonyl (C=O) groups is 1. The third-order valence-electron chi connectivity index (χ3n) is 3.32. The molecule has 2 rings (SSSR count). The lowest BCUT2D eigenvalue weighted by Crippen LogP contribution is -2.32. The average molecular weight is 272 g/mol. The number of aliphatic hydroxyl groups is 1. The maximum atomic E-state index is 13.4. The topological polar surface area (TPSA) is 49.3 Å². The number of carbonyl (C=O) groups excluding carboxylic acids is 1. The molecule has 0 heterocycles. The van der Waals surface area contributed by atoms with E-state index < -0.39 is 11.7 Å². The van der Waals surface area contributed by atoms with E-state index in [-0.39, 0.29) is 17.6 Å². The molecule has 0 saturated heterocycles. The lowest BCUT2D eigenvalue weighted by atomic mass is 10.1. The molecule has 18 heavy (non-hydrogen) atoms. The number of halogens is 2. The quantitative estimate of drug-likeness (QED) is 0.887. The van der Waals surface area contributed by atoms with Crippen molar-refractivity contribution in [2.45, 2.75) is 25.4 Å². The minimum absolute atomic E-state index is 0.0602. The van der Waals surface area contributed by atoms with Gasteiger partial charge >= 0.3 is 0 Å². The average Bonchev–Trinajstić information content (AvgIpc) is 2.75. The van der Waals surface area contributed by atoms with Gasteiger partial charge in [-0.15, -0.1) is 0 Å². The van der Waals surface area contributed by atoms with Gasteiger partial charge in [0.2, 0.25) is 0 Å². The Labute approximate surface area is 110 Å². The molecule has 1 aromatic rings. The molecule has 98 valence electrons. The van der Waals surface area contributed by atoms with Gasteiger partial charge in [-0.25, -0.2) is 4.39 Å². The first kappa shape index (κ1) is 13.3. The zero-order chi connectivity index (χ0) is 13.1. The molecule has 1 aliphatic rings. The molecular weight excluding hydrogens is 257 g/mol. The summed E-state index contributed by atoms with van der Waals surface area (Å²) in [4.78, 5) is 11.8. The maximum absolute atomic E-state index is 13.4. The van der Waals surface area contributed by atoms with Crippen LogP contribution in [-0.2, 0) is 0 Å². The molecule has 2 unspecified atom stereocenters. The first-order valence-electron chi connectivity index (χ1n) is 5.99. The van der Waals surface area contributed by atoms with E-state index in [1.165, 1.54) is 18.2 Å². The van der Waals surface area contributed by atoms with Gasteiger partial charge in [0.05, 0.1) is 11.7 Å². The highest BCUT2D eigenvalue weighted by atomic mass is 35.5. The third-order valence-corrected chi connectivity index (χ3v) is 3.55. The van der Waals surface area contributed by atoms with Gasteiger partial charge in [-0.3, -0.25) is 4.79 Å². The molecule has 2 N–H and O–H groups in total. The van der Waals surface area contributed by atoms with Crippen molar-refractivity contribution in [2.75, 3.05) is 6.54 Å². The van der Waals surface area contributed by atoms with Crippen LogP contribution in [0.5, 0.6) is 0 Å². The van der Waals surface area contributed by atoms with Gasteiger partial charge in [0.1, 0.15) is 5.82 Å². The summed E-state index contributed by atoms with van der Waals surface area (Å²) in [6.07, 6.45) is 2.26. The minimum Gasteiger partial charge on any atom is -0.393 e. The Bertz CT molecular complexity index is 453. The monoisotopic (exact) mass is 271 g/mol. The second kappa shape index (κ2) is 5.67. The van der Waals surface area contributed by atoms with Crippen LogP contribution in [0.1, 0.15) is 29.6 Å². The molecule has 0 aliphatic heterocycles. The van der Waals surface area contributed by atoms with Crippen molar-refractivity contribution in [2.24, 2.45) is 5.92 Å². The SMILES string of the molecule is O=C(NCC1CCCC1O)c1cc(Cl)ccc1F. The second-order valence-electron chi connectivity index (χ2n) is 4.59. The first-order valence-corrected chi connectivity index (χ1v) is 6.37. The van der Waals surface area contributed by atoms with Crippen LogP contribution < -0.4 is 5.32 Å². The van der Waals surface area contributed by atoms with Crippen LogP contribution >= 0.6 is 11.6 Å². The molecule has 5 heteroatoms. The number of benzene rings is 1. The summed E-state index contributed by atoms with van der Waals surface area (Å²) in [5, 5.41) is 12.6. The highest BCUT2D eigenvalue weighted by Gasteiger charge is 2.25. The van der Waals surface area contributed by atoms with Gasteiger partial charge in [0.15, 0.2) is 0 Å². The Morgan fingerprint density at radius 3 is 2.94 bits per heavy atom. The zero-order valence-electron chi connectivity index (χ0n) is 9.83. The van der Waals surface area contributed by atoms with Gasteiger partial charge in [0, 0.05) is 17.5 Å². The smallest absolute Gasteiger partial charge is 0.254 e. The molecule has 0 aromatic heterocycles. The predicted octanol–water partition coefficient (Wildman–Crippen LogP) is 2.37. The van der Waals surface area contributed by atoms with Crippen LogP contribution in [0.15, 0.2) is 18.2 Å². The number of aliphatic hydroxyl groups excluding tert-OH is 1. The maximum Gasteiger partial charge on any atom is 0.254 e. The summed E-state index contributed by atoms with van der Waals surface area (Å²) in [7, 11) is 0. The fourth-order valence-corrected chi connectivity index (χ4v) is 2.42. The van der Waals surface area contributed by atoms with Gasteiger partial charge in [-0.2, -0.15) is 0 Å². The molecular formula is C13H15ClFNO2. The van der Waals surface area contributed by atoms with E-state index in [2.05, 4.69) is 5.32 Å². The van der Waals surface area contributed by atoms with Gasteiger partial charge < -0.3 is 10.4 Å². The summed E-state index contributed by atoms with van der Waals surface area (Å²) in [6, 6.07) is 3.87. The third kappa shape index (κ3) is 3.00. The van der Waals surface area contributed by atoms with E-state index in [0.717, 1.165) is 19.3 Å². The Hall–Kier alpha value is -1.13. The number of rotatable bonds is 3. The molecule has 0 bridgehead atoms. The van der Waals surface area contributed by atoms with Crippen molar-refractivity contribution < 1.29 is 14.3 Å². The van der Waals surface area contributed by atoms with Crippen LogP contribution in [0.3, 0.4) is 0 Å². The lowest BCUT2D eigenvalue weighted by molar-refractivity contribution is 0.0913. The standard InChI is InChI=1S/C13H15ClFNO2/c14-9-4-5-11(15)10(6-9)13(18)16-7-8-2-1-3-12(8)17/h4-6,8,12,17H,1-3,7H2,(H,16,18). The first-order chi connectivity index (χ1) is 8.58. The molecule has 0 radical (unpaired) electrons. The Kier molecular flexibility index (Phi) is 4.19. The highest BCUT2D eigenvalue weighted by molar-refractivity contribution is 6.30. The van der Waals surface area contributed by atoms with Crippen molar-refractivity contribution in [1.29, 1.82) is 0 Å². The van der Waals surface area contributed by atoms with E-state index in [9.17, 15) is 14.3 Å². The predicted molar refractivity (Wildman–Crippen MR) is 67.1 cm³/mol. The number of amides is 1. The second-order valence-corrected chi connectivity index (χ2v) is 5.03. The van der Waals surface area contributed by atoms with E-state index in [1.807, 2.05) is 0 Å². The normalized spacial score (nSPS) is 23.1. The van der Waals surface area contributed by atoms with Crippen molar-refractivity contribution in [3.05, 3.63) is 34.6 Å². The van der Waals surface area contributed by atoms with Crippen LogP contribution in [0.4, 0.5) is 4.39 Å². The van der Waals surface area contributed by atoms with Gasteiger partial charge in [-0.05, 0) is 31.0 Å². The zero-order valence-corrected chi connectivity index (χ0v) is 10.6. The van der Waals surface area contributed by atoms with Gasteiger partial charge in [0.25, 0.3) is 5.91 Å². The van der Waals surface area contributed by atoms with Crippen LogP contribution in [-0.4, -0.2) is 23.7 Å². The Morgan fingerprint density at radius 2 is 2.28 bits per heavy atom. The van der Waals surface area contributed by atoms with E-state index in [1.54, 1.807) is 0 Å². The lowest BCUT2D eigenvalue weighted by Gasteiger charge is -2.15. The van der Waals surface area contributed by atoms with E-state index >= 15 is 0 Å². The highest BCUT2D eigenvalue weighted by Crippen LogP contribution is 2.24. The van der Waals surface area contributed by atoms with Gasteiger partial charge in [-0.1, -0.05) is 18.0 Å². The van der Waals surface area contributed by atoms with Crippen LogP contribution in [0.25, 0.3) is 0 Å². The molecule has 1 saturated carbocycles. The number of nitrogens with one attached hydrogen (secondary N) is 1. The molecule has 1 fully saturated rings. The van der Waals surface area contributed by atoms with Crippen molar-refractivity contribution in [3.63, 3.8) is 0 Å². The summed E-state index contributed by atoms with van der Waals surface area (Å²) >= 11 is 5.72. The largest absolute Gasteiger partial charge is 0.393 e. The number of hydrogen-bond acceptors (Lipinski definition) is 2. The van der Waals surface area contributed by atoms with Crippen LogP contribution in [0, 0.1) is 11.7 Å². The fourth-order valence-electron chi connectivity index (χ4n) is 2.25. The molecule has 0 spiro atoms. The molecule has 2 atom stereocenters. The summed E-state index contributed by atoms with van der Waals surface area (Å²) in [6.45, 7) is 0.367.